The van der Waals surface area contributed by atoms with Crippen LogP contribution in [0.15, 0.2) is 12.1 Å². The van der Waals surface area contributed by atoms with Gasteiger partial charge >= 0.3 is 12.4 Å². The van der Waals surface area contributed by atoms with Gasteiger partial charge in [0.25, 0.3) is 5.60 Å². The Morgan fingerprint density at radius 2 is 1.45 bits per heavy atom. The Kier molecular flexibility index (Phi) is 3.88. The molecule has 0 spiro atoms. The molecule has 0 heterocycles. The number of methoxy groups -OCH3 is 1. The fourth-order valence-corrected chi connectivity index (χ4v) is 1.60. The maximum absolute atomic E-state index is 12.7. The molecule has 1 rings (SSSR count). The highest BCUT2D eigenvalue weighted by Crippen LogP contribution is 2.51. The minimum atomic E-state index is -5.99. The lowest BCUT2D eigenvalue weighted by Gasteiger charge is -2.33. The fraction of sp³-hybridized carbons (Fsp3) is 0.455. The van der Waals surface area contributed by atoms with Crippen molar-refractivity contribution in [2.45, 2.75) is 24.9 Å². The summed E-state index contributed by atoms with van der Waals surface area (Å²) in [6.45, 7) is 1.08. The molecule has 3 nitrogen and oxygen atoms in total. The minimum Gasteiger partial charge on any atom is -0.504 e. The highest BCUT2D eigenvalue weighted by Gasteiger charge is 2.71. The molecule has 2 N–H and O–H groups in total. The van der Waals surface area contributed by atoms with Crippen molar-refractivity contribution in [1.29, 1.82) is 0 Å². The van der Waals surface area contributed by atoms with Gasteiger partial charge in [-0.3, -0.25) is 0 Å². The molecule has 0 aliphatic rings. The smallest absolute Gasteiger partial charge is 0.430 e. The third-order valence-electron chi connectivity index (χ3n) is 2.72. The summed E-state index contributed by atoms with van der Waals surface area (Å²) in [6, 6.07) is 0.697. The van der Waals surface area contributed by atoms with Crippen molar-refractivity contribution in [3.05, 3.63) is 23.3 Å². The lowest BCUT2D eigenvalue weighted by Crippen LogP contribution is -2.53. The molecule has 9 heteroatoms. The third kappa shape index (κ3) is 2.37. The van der Waals surface area contributed by atoms with Crippen molar-refractivity contribution in [2.24, 2.45) is 0 Å². The van der Waals surface area contributed by atoms with Gasteiger partial charge in [0.2, 0.25) is 0 Å². The summed E-state index contributed by atoms with van der Waals surface area (Å²) < 4.78 is 80.6. The summed E-state index contributed by atoms with van der Waals surface area (Å²) >= 11 is 0. The molecule has 0 unspecified atom stereocenters. The van der Waals surface area contributed by atoms with Crippen molar-refractivity contribution in [2.75, 3.05) is 7.11 Å². The minimum absolute atomic E-state index is 0.295. The molecule has 1 aromatic carbocycles. The summed E-state index contributed by atoms with van der Waals surface area (Å²) in [5.74, 6) is -1.21. The molecule has 0 saturated heterocycles. The highest BCUT2D eigenvalue weighted by atomic mass is 19.4. The lowest BCUT2D eigenvalue weighted by atomic mass is 9.90. The number of hydrogen-bond donors (Lipinski definition) is 2. The number of phenolic OH excluding ortho intramolecular Hbond substituents is 1. The Labute approximate surface area is 109 Å². The van der Waals surface area contributed by atoms with Crippen molar-refractivity contribution in [3.63, 3.8) is 0 Å². The van der Waals surface area contributed by atoms with Crippen molar-refractivity contribution in [3.8, 4) is 11.5 Å². The lowest BCUT2D eigenvalue weighted by molar-refractivity contribution is -0.376. The van der Waals surface area contributed by atoms with Crippen LogP contribution in [0.2, 0.25) is 0 Å². The predicted octanol–water partition coefficient (Wildman–Crippen LogP) is 3.02. The number of ether oxygens (including phenoxy) is 1. The van der Waals surface area contributed by atoms with Gasteiger partial charge in [-0.2, -0.15) is 26.3 Å². The van der Waals surface area contributed by atoms with E-state index in [-0.39, 0.29) is 5.56 Å². The zero-order valence-electron chi connectivity index (χ0n) is 10.2. The van der Waals surface area contributed by atoms with Gasteiger partial charge in [0, 0.05) is 5.56 Å². The number of benzene rings is 1. The highest BCUT2D eigenvalue weighted by molar-refractivity contribution is 5.50. The van der Waals surface area contributed by atoms with E-state index in [1.165, 1.54) is 0 Å². The Morgan fingerprint density at radius 3 is 1.80 bits per heavy atom. The van der Waals surface area contributed by atoms with Gasteiger partial charge in [0.05, 0.1) is 7.11 Å². The molecular formula is C11H10F6O3. The van der Waals surface area contributed by atoms with Crippen LogP contribution < -0.4 is 4.74 Å². The first-order valence-electron chi connectivity index (χ1n) is 5.10. The SMILES string of the molecule is COc1cc(C(O)(C(F)(F)F)C(F)(F)F)cc(C)c1O. The van der Waals surface area contributed by atoms with Gasteiger partial charge in [-0.15, -0.1) is 0 Å². The van der Waals surface area contributed by atoms with E-state index in [9.17, 15) is 36.6 Å². The zero-order valence-corrected chi connectivity index (χ0v) is 10.2. The molecule has 0 radical (unpaired) electrons. The van der Waals surface area contributed by atoms with E-state index in [1.807, 2.05) is 0 Å². The van der Waals surface area contributed by atoms with E-state index in [2.05, 4.69) is 4.74 Å². The number of hydrogen-bond acceptors (Lipinski definition) is 3. The molecule has 0 saturated carbocycles. The first kappa shape index (κ1) is 16.4. The molecule has 20 heavy (non-hydrogen) atoms. The molecule has 0 amide bonds. The maximum atomic E-state index is 12.7. The van der Waals surface area contributed by atoms with E-state index in [0.717, 1.165) is 14.0 Å². The summed E-state index contributed by atoms with van der Waals surface area (Å²) in [4.78, 5) is 0. The van der Waals surface area contributed by atoms with E-state index in [1.54, 1.807) is 0 Å². The van der Waals surface area contributed by atoms with Crippen LogP contribution in [0, 0.1) is 6.92 Å². The van der Waals surface area contributed by atoms with Gasteiger partial charge in [0.1, 0.15) is 0 Å². The fourth-order valence-electron chi connectivity index (χ4n) is 1.60. The van der Waals surface area contributed by atoms with E-state index >= 15 is 0 Å². The molecule has 0 atom stereocenters. The van der Waals surface area contributed by atoms with E-state index in [0.29, 0.717) is 12.1 Å². The second-order valence-electron chi connectivity index (χ2n) is 4.05. The van der Waals surface area contributed by atoms with Crippen LogP contribution in [0.4, 0.5) is 26.3 Å². The first-order chi connectivity index (χ1) is 8.86. The number of aryl methyl sites for hydroxylation is 1. The van der Waals surface area contributed by atoms with Gasteiger partial charge in [0.15, 0.2) is 11.5 Å². The van der Waals surface area contributed by atoms with E-state index in [4.69, 9.17) is 0 Å². The van der Waals surface area contributed by atoms with Gasteiger partial charge in [-0.05, 0) is 24.6 Å². The molecule has 0 aromatic heterocycles. The first-order valence-corrected chi connectivity index (χ1v) is 5.10. The van der Waals surface area contributed by atoms with Crippen molar-refractivity contribution >= 4 is 0 Å². The number of phenols is 1. The Bertz CT molecular complexity index is 492. The second-order valence-corrected chi connectivity index (χ2v) is 4.05. The largest absolute Gasteiger partial charge is 0.504 e. The zero-order chi connectivity index (χ0) is 15.9. The molecule has 0 aliphatic heterocycles. The summed E-state index contributed by atoms with van der Waals surface area (Å²) in [6.07, 6.45) is -12.0. The predicted molar refractivity (Wildman–Crippen MR) is 55.4 cm³/mol. The van der Waals surface area contributed by atoms with Crippen molar-refractivity contribution in [1.82, 2.24) is 0 Å². The summed E-state index contributed by atoms with van der Waals surface area (Å²) in [7, 11) is 0.957. The van der Waals surface area contributed by atoms with Crippen LogP contribution in [0.3, 0.4) is 0 Å². The summed E-state index contributed by atoms with van der Waals surface area (Å²) in [5.41, 5.74) is -6.83. The van der Waals surface area contributed by atoms with Crippen molar-refractivity contribution < 1.29 is 41.3 Å². The number of aliphatic hydroxyl groups is 1. The molecule has 0 aliphatic carbocycles. The van der Waals surface area contributed by atoms with Crippen LogP contribution in [0.5, 0.6) is 11.5 Å². The Morgan fingerprint density at radius 1 is 1.00 bits per heavy atom. The number of alkyl halides is 6. The van der Waals surface area contributed by atoms with Gasteiger partial charge < -0.3 is 14.9 Å². The molecular weight excluding hydrogens is 294 g/mol. The van der Waals surface area contributed by atoms with Crippen LogP contribution >= 0.6 is 0 Å². The maximum Gasteiger partial charge on any atom is 0.430 e. The third-order valence-corrected chi connectivity index (χ3v) is 2.72. The van der Waals surface area contributed by atoms with E-state index < -0.39 is 35.0 Å². The van der Waals surface area contributed by atoms with Crippen LogP contribution in [0.25, 0.3) is 0 Å². The topological polar surface area (TPSA) is 49.7 Å². The molecule has 0 bridgehead atoms. The number of rotatable bonds is 2. The standard InChI is InChI=1S/C11H10F6O3/c1-5-3-6(4-7(20-2)8(5)18)9(19,10(12,13)14)11(15,16)17/h3-4,18-19H,1-2H3. The monoisotopic (exact) mass is 304 g/mol. The van der Waals surface area contributed by atoms with Gasteiger partial charge in [-0.1, -0.05) is 0 Å². The molecule has 1 aromatic rings. The second kappa shape index (κ2) is 4.72. The van der Waals surface area contributed by atoms with Gasteiger partial charge in [-0.25, -0.2) is 0 Å². The quantitative estimate of drug-likeness (QED) is 0.826. The molecule has 114 valence electrons. The molecule has 0 fully saturated rings. The summed E-state index contributed by atoms with van der Waals surface area (Å²) in [5, 5.41) is 18.6. The number of halogens is 6. The van der Waals surface area contributed by atoms with Crippen LogP contribution in [-0.4, -0.2) is 29.7 Å². The average Bonchev–Trinajstić information content (AvgIpc) is 2.28. The normalized spacial score (nSPS) is 13.4. The number of aromatic hydroxyl groups is 1. The Hall–Kier alpha value is -1.64. The van der Waals surface area contributed by atoms with Crippen LogP contribution in [0.1, 0.15) is 11.1 Å². The Balaban J connectivity index is 3.65. The van der Waals surface area contributed by atoms with Crippen LogP contribution in [-0.2, 0) is 5.60 Å². The average molecular weight is 304 g/mol.